The minimum Gasteiger partial charge on any atom is -0.360 e. The van der Waals surface area contributed by atoms with Gasteiger partial charge < -0.3 is 9.80 Å². The Hall–Kier alpha value is -2.41. The Kier molecular flexibility index (Phi) is 4.39. The van der Waals surface area contributed by atoms with E-state index in [1.54, 1.807) is 0 Å². The number of nitrogens with zero attached hydrogens (tertiary/aromatic N) is 3. The van der Waals surface area contributed by atoms with Gasteiger partial charge in [0.25, 0.3) is 0 Å². The van der Waals surface area contributed by atoms with Crippen LogP contribution in [0.5, 0.6) is 0 Å². The van der Waals surface area contributed by atoms with E-state index in [9.17, 15) is 14.4 Å². The van der Waals surface area contributed by atoms with E-state index in [0.717, 1.165) is 45.4 Å². The lowest BCUT2D eigenvalue weighted by molar-refractivity contribution is -0.907. The molecule has 7 heteroatoms. The van der Waals surface area contributed by atoms with Gasteiger partial charge in [0.05, 0.1) is 31.7 Å². The summed E-state index contributed by atoms with van der Waals surface area (Å²) in [7, 11) is 0. The van der Waals surface area contributed by atoms with Gasteiger partial charge in [-0.1, -0.05) is 18.2 Å². The Morgan fingerprint density at radius 1 is 0.839 bits per heavy atom. The molecule has 4 bridgehead atoms. The molecule has 1 aromatic carbocycles. The fourth-order valence-corrected chi connectivity index (χ4v) is 7.50. The van der Waals surface area contributed by atoms with Crippen molar-refractivity contribution in [3.63, 3.8) is 0 Å². The first-order valence-corrected chi connectivity index (χ1v) is 11.9. The van der Waals surface area contributed by atoms with Crippen molar-refractivity contribution < 1.29 is 19.3 Å². The van der Waals surface area contributed by atoms with Crippen molar-refractivity contribution in [2.75, 3.05) is 37.7 Å². The molecule has 7 nitrogen and oxygen atoms in total. The lowest BCUT2D eigenvalue weighted by atomic mass is 9.52. The maximum Gasteiger partial charge on any atom is 0.339 e. The number of anilines is 1. The van der Waals surface area contributed by atoms with Crippen molar-refractivity contribution in [3.8, 4) is 0 Å². The van der Waals surface area contributed by atoms with Gasteiger partial charge in [-0.05, 0) is 68.4 Å². The molecule has 0 atom stereocenters. The molecule has 6 aliphatic rings. The molecule has 4 aliphatic carbocycles. The molecule has 1 N–H and O–H groups in total. The summed E-state index contributed by atoms with van der Waals surface area (Å²) in [6, 6.07) is 9.97. The molecule has 1 aromatic rings. The summed E-state index contributed by atoms with van der Waals surface area (Å²) in [5, 5.41) is 0. The number of benzene rings is 1. The molecule has 164 valence electrons. The predicted molar refractivity (Wildman–Crippen MR) is 114 cm³/mol. The van der Waals surface area contributed by atoms with E-state index in [1.807, 2.05) is 18.2 Å². The third kappa shape index (κ3) is 3.08. The third-order valence-electron chi connectivity index (χ3n) is 8.51. The van der Waals surface area contributed by atoms with Gasteiger partial charge in [0.1, 0.15) is 0 Å². The molecule has 2 heterocycles. The van der Waals surface area contributed by atoms with E-state index in [2.05, 4.69) is 17.0 Å². The highest BCUT2D eigenvalue weighted by Gasteiger charge is 2.61. The minimum atomic E-state index is -0.612. The number of carbonyl (C=O) groups excluding carboxylic acids is 3. The normalized spacial score (nSPS) is 35.5. The highest BCUT2D eigenvalue weighted by Crippen LogP contribution is 2.58. The van der Waals surface area contributed by atoms with Crippen LogP contribution in [0.2, 0.25) is 0 Å². The number of hydrogen-bond donors (Lipinski definition) is 1. The Bertz CT molecular complexity index is 873. The fraction of sp³-hybridized carbons (Fsp3) is 0.625. The van der Waals surface area contributed by atoms with Gasteiger partial charge in [-0.15, -0.1) is 0 Å². The number of quaternary nitrogens is 1. The van der Waals surface area contributed by atoms with Crippen molar-refractivity contribution in [1.82, 2.24) is 9.80 Å². The van der Waals surface area contributed by atoms with E-state index in [4.69, 9.17) is 0 Å². The molecule has 0 spiro atoms. The Morgan fingerprint density at radius 3 is 2.00 bits per heavy atom. The number of carbonyl (C=O) groups is 3. The summed E-state index contributed by atoms with van der Waals surface area (Å²) in [5.41, 5.74) is 0.812. The smallest absolute Gasteiger partial charge is 0.339 e. The second-order valence-corrected chi connectivity index (χ2v) is 10.5. The molecule has 0 unspecified atom stereocenters. The van der Waals surface area contributed by atoms with Crippen LogP contribution in [0.1, 0.15) is 38.5 Å². The zero-order valence-electron chi connectivity index (χ0n) is 18.0. The fourth-order valence-electron chi connectivity index (χ4n) is 7.50. The standard InChI is InChI=1S/C24H30N4O3/c29-21-22(30)28(24-13-17-10-18(14-24)12-19(11-17)15-24)23(31)27(21)16-25-6-8-26(9-7-25)20-4-2-1-3-5-20/h1-5,17-19H,6-16H2/p+1. The van der Waals surface area contributed by atoms with E-state index in [-0.39, 0.29) is 6.03 Å². The molecule has 2 aliphatic heterocycles. The van der Waals surface area contributed by atoms with Crippen LogP contribution in [-0.4, -0.2) is 66.0 Å². The average molecular weight is 424 g/mol. The number of para-hydroxylation sites is 1. The van der Waals surface area contributed by atoms with Crippen molar-refractivity contribution in [3.05, 3.63) is 30.3 Å². The summed E-state index contributed by atoms with van der Waals surface area (Å²) < 4.78 is 0. The topological polar surface area (TPSA) is 65.4 Å². The van der Waals surface area contributed by atoms with E-state index >= 15 is 0 Å². The first-order chi connectivity index (χ1) is 15.0. The van der Waals surface area contributed by atoms with E-state index in [1.165, 1.54) is 39.6 Å². The van der Waals surface area contributed by atoms with Crippen molar-refractivity contribution in [2.45, 2.75) is 44.1 Å². The Morgan fingerprint density at radius 2 is 1.42 bits per heavy atom. The molecule has 0 aromatic heterocycles. The monoisotopic (exact) mass is 423 g/mol. The van der Waals surface area contributed by atoms with Crippen LogP contribution in [0.4, 0.5) is 10.5 Å². The van der Waals surface area contributed by atoms with Crippen LogP contribution in [0.15, 0.2) is 30.3 Å². The Balaban J connectivity index is 1.15. The summed E-state index contributed by atoms with van der Waals surface area (Å²) in [6.45, 7) is 3.74. The molecule has 6 fully saturated rings. The van der Waals surface area contributed by atoms with Gasteiger partial charge in [0.15, 0.2) is 6.67 Å². The molecule has 4 saturated carbocycles. The number of rotatable bonds is 4. The zero-order valence-corrected chi connectivity index (χ0v) is 18.0. The number of amides is 4. The second kappa shape index (κ2) is 7.05. The minimum absolute atomic E-state index is 0.300. The van der Waals surface area contributed by atoms with Gasteiger partial charge in [-0.3, -0.25) is 9.59 Å². The zero-order chi connectivity index (χ0) is 21.2. The average Bonchev–Trinajstić information content (AvgIpc) is 2.97. The largest absolute Gasteiger partial charge is 0.360 e. The second-order valence-electron chi connectivity index (χ2n) is 10.5. The quantitative estimate of drug-likeness (QED) is 0.582. The van der Waals surface area contributed by atoms with Crippen LogP contribution in [0, 0.1) is 17.8 Å². The SMILES string of the molecule is O=C1C(=O)N(C23CC4CC(CC(C4)C2)C3)C(=O)N1C[NH+]1CCN(c2ccccc2)CC1. The van der Waals surface area contributed by atoms with E-state index in [0.29, 0.717) is 24.4 Å². The van der Waals surface area contributed by atoms with Gasteiger partial charge in [-0.25, -0.2) is 14.6 Å². The molecule has 31 heavy (non-hydrogen) atoms. The number of imide groups is 2. The molecule has 4 amide bonds. The first-order valence-electron chi connectivity index (χ1n) is 11.9. The van der Waals surface area contributed by atoms with Crippen molar-refractivity contribution >= 4 is 23.5 Å². The van der Waals surface area contributed by atoms with Gasteiger partial charge in [-0.2, -0.15) is 0 Å². The maximum absolute atomic E-state index is 13.4. The van der Waals surface area contributed by atoms with Crippen LogP contribution in [0.3, 0.4) is 0 Å². The van der Waals surface area contributed by atoms with Crippen LogP contribution < -0.4 is 9.80 Å². The highest BCUT2D eigenvalue weighted by atomic mass is 16.2. The van der Waals surface area contributed by atoms with Gasteiger partial charge in [0.2, 0.25) is 0 Å². The van der Waals surface area contributed by atoms with E-state index < -0.39 is 17.4 Å². The third-order valence-corrected chi connectivity index (χ3v) is 8.51. The van der Waals surface area contributed by atoms with Gasteiger partial charge in [0, 0.05) is 5.69 Å². The summed E-state index contributed by atoms with van der Waals surface area (Å²) in [5.74, 6) is 0.668. The first kappa shape index (κ1) is 19.3. The number of nitrogens with one attached hydrogen (secondary N) is 1. The number of urea groups is 1. The number of piperazine rings is 1. The molecule has 7 rings (SSSR count). The highest BCUT2D eigenvalue weighted by molar-refractivity contribution is 6.44. The predicted octanol–water partition coefficient (Wildman–Crippen LogP) is 1.11. The summed E-state index contributed by atoms with van der Waals surface area (Å²) in [4.78, 5) is 45.5. The Labute approximate surface area is 182 Å². The molecular weight excluding hydrogens is 392 g/mol. The van der Waals surface area contributed by atoms with Crippen molar-refractivity contribution in [1.29, 1.82) is 0 Å². The summed E-state index contributed by atoms with van der Waals surface area (Å²) >= 11 is 0. The lowest BCUT2D eigenvalue weighted by Crippen LogP contribution is -3.16. The number of hydrogen-bond acceptors (Lipinski definition) is 4. The molecule has 0 radical (unpaired) electrons. The van der Waals surface area contributed by atoms with Crippen LogP contribution in [-0.2, 0) is 9.59 Å². The molecular formula is C24H31N4O3+. The van der Waals surface area contributed by atoms with Crippen molar-refractivity contribution in [2.24, 2.45) is 17.8 Å². The molecule has 2 saturated heterocycles. The van der Waals surface area contributed by atoms with Gasteiger partial charge >= 0.3 is 17.8 Å². The maximum atomic E-state index is 13.4. The van der Waals surface area contributed by atoms with Crippen LogP contribution >= 0.6 is 0 Å². The van der Waals surface area contributed by atoms with Crippen LogP contribution in [0.25, 0.3) is 0 Å². The lowest BCUT2D eigenvalue weighted by Gasteiger charge is -2.58. The summed E-state index contributed by atoms with van der Waals surface area (Å²) in [6.07, 6.45) is 6.43.